The standard InChI is InChI=1S/C28H29F2N3O5/c29-21-3-1-19(2-4-21)28(36)22-15-20-16-31-33(24(35)14-18-7-11-38-12-8-18)27(20)25(30)26(22)32-23(34)13-17-5-9-37-10-6-17/h1-4,15-18H,5-14H2,(H,32,34). The number of halogens is 2. The first kappa shape index (κ1) is 26.1. The Bertz CT molecular complexity index is 1340. The fraction of sp³-hybridized carbons (Fsp3) is 0.429. The van der Waals surface area contributed by atoms with E-state index < -0.39 is 23.3 Å². The molecular formula is C28H29F2N3O5. The van der Waals surface area contributed by atoms with Crippen molar-refractivity contribution in [1.29, 1.82) is 0 Å². The Morgan fingerprint density at radius 3 is 2.16 bits per heavy atom. The summed E-state index contributed by atoms with van der Waals surface area (Å²) in [6.45, 7) is 2.26. The number of nitrogens with zero attached hydrogens (tertiary/aromatic N) is 2. The minimum absolute atomic E-state index is 0.0818. The average molecular weight is 526 g/mol. The predicted octanol–water partition coefficient (Wildman–Crippen LogP) is 4.76. The number of anilines is 1. The summed E-state index contributed by atoms with van der Waals surface area (Å²) in [5.74, 6) is -2.64. The maximum atomic E-state index is 16.2. The van der Waals surface area contributed by atoms with Crippen LogP contribution in [0.4, 0.5) is 14.5 Å². The molecule has 1 N–H and O–H groups in total. The van der Waals surface area contributed by atoms with E-state index in [1.54, 1.807) is 0 Å². The molecule has 0 saturated carbocycles. The number of hydrogen-bond donors (Lipinski definition) is 1. The molecule has 5 rings (SSSR count). The lowest BCUT2D eigenvalue weighted by Crippen LogP contribution is -2.24. The van der Waals surface area contributed by atoms with Gasteiger partial charge in [0.05, 0.1) is 11.9 Å². The molecule has 8 nitrogen and oxygen atoms in total. The second-order valence-corrected chi connectivity index (χ2v) is 9.90. The number of hydrogen-bond acceptors (Lipinski definition) is 6. The molecule has 2 aliphatic rings. The smallest absolute Gasteiger partial charge is 0.247 e. The minimum atomic E-state index is -0.911. The number of fused-ring (bicyclic) bond motifs is 1. The fourth-order valence-corrected chi connectivity index (χ4v) is 5.08. The Morgan fingerprint density at radius 1 is 0.921 bits per heavy atom. The van der Waals surface area contributed by atoms with E-state index in [-0.39, 0.29) is 58.3 Å². The van der Waals surface area contributed by atoms with E-state index in [1.165, 1.54) is 24.4 Å². The summed E-state index contributed by atoms with van der Waals surface area (Å²) in [5.41, 5.74) is -0.380. The Balaban J connectivity index is 1.51. The van der Waals surface area contributed by atoms with E-state index in [1.807, 2.05) is 0 Å². The molecule has 3 aromatic rings. The molecule has 0 spiro atoms. The van der Waals surface area contributed by atoms with Crippen LogP contribution in [0, 0.1) is 23.5 Å². The fourth-order valence-electron chi connectivity index (χ4n) is 5.08. The molecule has 2 aliphatic heterocycles. The number of amides is 1. The highest BCUT2D eigenvalue weighted by atomic mass is 19.1. The first-order valence-corrected chi connectivity index (χ1v) is 12.9. The minimum Gasteiger partial charge on any atom is -0.381 e. The molecule has 0 aliphatic carbocycles. The van der Waals surface area contributed by atoms with Crippen LogP contribution in [-0.2, 0) is 14.3 Å². The Kier molecular flexibility index (Phi) is 7.90. The monoisotopic (exact) mass is 525 g/mol. The Labute approximate surface area is 218 Å². The van der Waals surface area contributed by atoms with Crippen LogP contribution in [-0.4, -0.2) is 53.8 Å². The summed E-state index contributed by atoms with van der Waals surface area (Å²) in [7, 11) is 0. The van der Waals surface area contributed by atoms with E-state index in [9.17, 15) is 18.8 Å². The molecule has 0 radical (unpaired) electrons. The number of aromatic nitrogens is 2. The van der Waals surface area contributed by atoms with Gasteiger partial charge in [0.25, 0.3) is 0 Å². The number of benzene rings is 2. The summed E-state index contributed by atoms with van der Waals surface area (Å²) in [6.07, 6.45) is 4.55. The van der Waals surface area contributed by atoms with Crippen molar-refractivity contribution in [1.82, 2.24) is 9.78 Å². The van der Waals surface area contributed by atoms with E-state index >= 15 is 4.39 Å². The molecule has 2 aromatic carbocycles. The van der Waals surface area contributed by atoms with Crippen molar-refractivity contribution in [3.05, 3.63) is 59.3 Å². The third-order valence-electron chi connectivity index (χ3n) is 7.26. The van der Waals surface area contributed by atoms with Gasteiger partial charge in [-0.15, -0.1) is 0 Å². The number of ether oxygens (including phenoxy) is 2. The van der Waals surface area contributed by atoms with E-state index in [0.29, 0.717) is 39.3 Å². The van der Waals surface area contributed by atoms with Crippen LogP contribution in [0.2, 0.25) is 0 Å². The lowest BCUT2D eigenvalue weighted by Gasteiger charge is -2.22. The first-order chi connectivity index (χ1) is 18.4. The quantitative estimate of drug-likeness (QED) is 0.447. The lowest BCUT2D eigenvalue weighted by molar-refractivity contribution is -0.117. The highest BCUT2D eigenvalue weighted by Crippen LogP contribution is 2.32. The van der Waals surface area contributed by atoms with E-state index in [0.717, 1.165) is 29.7 Å². The summed E-state index contributed by atoms with van der Waals surface area (Å²) in [5, 5.41) is 6.97. The molecule has 38 heavy (non-hydrogen) atoms. The SMILES string of the molecule is O=C(CC1CCOCC1)Nc1c(C(=O)c2ccc(F)cc2)cc2cnn(C(=O)CC3CCOCC3)c2c1F. The van der Waals surface area contributed by atoms with Gasteiger partial charge in [0.15, 0.2) is 11.6 Å². The van der Waals surface area contributed by atoms with Crippen molar-refractivity contribution >= 4 is 34.2 Å². The van der Waals surface area contributed by atoms with Crippen LogP contribution in [0.25, 0.3) is 10.9 Å². The first-order valence-electron chi connectivity index (χ1n) is 12.9. The van der Waals surface area contributed by atoms with Gasteiger partial charge in [-0.05, 0) is 67.9 Å². The predicted molar refractivity (Wildman–Crippen MR) is 135 cm³/mol. The Morgan fingerprint density at radius 2 is 1.53 bits per heavy atom. The van der Waals surface area contributed by atoms with Gasteiger partial charge < -0.3 is 14.8 Å². The Hall–Kier alpha value is -3.50. The summed E-state index contributed by atoms with van der Waals surface area (Å²) in [4.78, 5) is 39.5. The van der Waals surface area contributed by atoms with Crippen LogP contribution < -0.4 is 5.32 Å². The van der Waals surface area contributed by atoms with E-state index in [2.05, 4.69) is 10.4 Å². The van der Waals surface area contributed by atoms with Gasteiger partial charge >= 0.3 is 0 Å². The molecule has 1 aromatic heterocycles. The topological polar surface area (TPSA) is 99.5 Å². The molecule has 0 unspecified atom stereocenters. The average Bonchev–Trinajstić information content (AvgIpc) is 3.36. The second-order valence-electron chi connectivity index (χ2n) is 9.90. The van der Waals surface area contributed by atoms with Gasteiger partial charge in [-0.3, -0.25) is 14.4 Å². The molecular weight excluding hydrogens is 496 g/mol. The molecule has 3 heterocycles. The summed E-state index contributed by atoms with van der Waals surface area (Å²) < 4.78 is 41.3. The highest BCUT2D eigenvalue weighted by molar-refractivity contribution is 6.16. The molecule has 2 fully saturated rings. The highest BCUT2D eigenvalue weighted by Gasteiger charge is 2.27. The van der Waals surface area contributed by atoms with Gasteiger partial charge in [-0.1, -0.05) is 0 Å². The summed E-state index contributed by atoms with van der Waals surface area (Å²) >= 11 is 0. The van der Waals surface area contributed by atoms with Crippen molar-refractivity contribution < 1.29 is 32.6 Å². The third-order valence-corrected chi connectivity index (χ3v) is 7.26. The van der Waals surface area contributed by atoms with Crippen LogP contribution in [0.3, 0.4) is 0 Å². The zero-order chi connectivity index (χ0) is 26.6. The molecule has 1 amide bonds. The molecule has 2 saturated heterocycles. The van der Waals surface area contributed by atoms with Crippen molar-refractivity contribution in [3.8, 4) is 0 Å². The van der Waals surface area contributed by atoms with Crippen molar-refractivity contribution in [2.45, 2.75) is 38.5 Å². The number of carbonyl (C=O) groups is 3. The number of carbonyl (C=O) groups excluding carboxylic acids is 3. The molecule has 200 valence electrons. The van der Waals surface area contributed by atoms with Crippen molar-refractivity contribution in [3.63, 3.8) is 0 Å². The maximum Gasteiger partial charge on any atom is 0.247 e. The molecule has 0 atom stereocenters. The molecule has 0 bridgehead atoms. The van der Waals surface area contributed by atoms with Crippen LogP contribution >= 0.6 is 0 Å². The number of ketones is 1. The number of rotatable bonds is 7. The molecule has 10 heteroatoms. The van der Waals surface area contributed by atoms with Gasteiger partial charge in [-0.2, -0.15) is 9.78 Å². The van der Waals surface area contributed by atoms with Gasteiger partial charge in [-0.25, -0.2) is 8.78 Å². The van der Waals surface area contributed by atoms with Crippen molar-refractivity contribution in [2.75, 3.05) is 31.7 Å². The van der Waals surface area contributed by atoms with Crippen LogP contribution in [0.1, 0.15) is 59.2 Å². The lowest BCUT2D eigenvalue weighted by atomic mass is 9.95. The van der Waals surface area contributed by atoms with Crippen molar-refractivity contribution in [2.24, 2.45) is 11.8 Å². The van der Waals surface area contributed by atoms with Crippen LogP contribution in [0.5, 0.6) is 0 Å². The second kappa shape index (κ2) is 11.5. The van der Waals surface area contributed by atoms with Gasteiger partial charge in [0.1, 0.15) is 11.3 Å². The zero-order valence-electron chi connectivity index (χ0n) is 20.9. The third kappa shape index (κ3) is 5.66. The number of nitrogens with one attached hydrogen (secondary N) is 1. The normalized spacial score (nSPS) is 17.0. The van der Waals surface area contributed by atoms with E-state index in [4.69, 9.17) is 9.47 Å². The van der Waals surface area contributed by atoms with Gasteiger partial charge in [0, 0.05) is 55.8 Å². The zero-order valence-corrected chi connectivity index (χ0v) is 20.9. The van der Waals surface area contributed by atoms with Gasteiger partial charge in [0.2, 0.25) is 11.8 Å². The largest absolute Gasteiger partial charge is 0.381 e. The summed E-state index contributed by atoms with van der Waals surface area (Å²) in [6, 6.07) is 6.29. The van der Waals surface area contributed by atoms with Crippen LogP contribution in [0.15, 0.2) is 36.5 Å². The maximum absolute atomic E-state index is 16.2.